The number of hydrogen-bond donors (Lipinski definition) is 9. The lowest BCUT2D eigenvalue weighted by atomic mass is 9.99. The molecule has 3 heterocycles. The van der Waals surface area contributed by atoms with Gasteiger partial charge in [0.15, 0.2) is 0 Å². The van der Waals surface area contributed by atoms with Gasteiger partial charge in [0.05, 0.1) is 15.1 Å². The van der Waals surface area contributed by atoms with Gasteiger partial charge in [0.2, 0.25) is 37.0 Å². The van der Waals surface area contributed by atoms with Crippen molar-refractivity contribution >= 4 is 137 Å². The first-order chi connectivity index (χ1) is 41.1. The van der Waals surface area contributed by atoms with Gasteiger partial charge < -0.3 is 31.9 Å². The highest BCUT2D eigenvalue weighted by molar-refractivity contribution is 7.87. The quantitative estimate of drug-likeness (QED) is 0.0453. The Morgan fingerprint density at radius 3 is 0.841 bits per heavy atom. The van der Waals surface area contributed by atoms with Crippen LogP contribution in [0.2, 0.25) is 15.1 Å². The molecule has 88 heavy (non-hydrogen) atoms. The summed E-state index contributed by atoms with van der Waals surface area (Å²) in [7, 11) is -7.84. The van der Waals surface area contributed by atoms with Crippen LogP contribution in [0.3, 0.4) is 0 Å². The van der Waals surface area contributed by atoms with Crippen molar-refractivity contribution in [3.05, 3.63) is 177 Å². The molecule has 6 aromatic rings. The van der Waals surface area contributed by atoms with Crippen molar-refractivity contribution in [3.63, 3.8) is 0 Å². The first kappa shape index (κ1) is 69.5. The third kappa shape index (κ3) is 17.6. The van der Waals surface area contributed by atoms with Gasteiger partial charge in [0.25, 0.3) is 30.6 Å². The van der Waals surface area contributed by atoms with Gasteiger partial charge >= 0.3 is 0 Å². The Morgan fingerprint density at radius 1 is 0.420 bits per heavy atom. The minimum atomic E-state index is -3.92. The van der Waals surface area contributed by atoms with Gasteiger partial charge in [-0.2, -0.15) is 52.3 Å². The summed E-state index contributed by atoms with van der Waals surface area (Å²) in [4.78, 5) is 69.8. The van der Waals surface area contributed by atoms with E-state index in [9.17, 15) is 67.2 Å². The Kier molecular flexibility index (Phi) is 23.8. The van der Waals surface area contributed by atoms with Gasteiger partial charge in [-0.3, -0.25) is 28.8 Å². The highest BCUT2D eigenvalue weighted by Crippen LogP contribution is 2.33. The van der Waals surface area contributed by atoms with Crippen molar-refractivity contribution in [2.45, 2.75) is 62.9 Å². The van der Waals surface area contributed by atoms with Crippen LogP contribution in [-0.2, 0) is 59.4 Å². The summed E-state index contributed by atoms with van der Waals surface area (Å²) >= 11 is 17.2. The van der Waals surface area contributed by atoms with E-state index in [1.165, 1.54) is 57.5 Å². The predicted molar refractivity (Wildman–Crippen MR) is 328 cm³/mol. The zero-order chi connectivity index (χ0) is 63.5. The zero-order valence-corrected chi connectivity index (χ0v) is 50.4. The van der Waals surface area contributed by atoms with E-state index in [0.29, 0.717) is 53.0 Å². The molecule has 0 aromatic heterocycles. The van der Waals surface area contributed by atoms with E-state index in [2.05, 4.69) is 46.1 Å². The number of rotatable bonds is 15. The maximum absolute atomic E-state index is 13.3. The molecule has 0 saturated carbocycles. The number of likely N-dealkylation sites (N-methyl/N-ethyl adjacent to an activating group) is 3. The molecule has 9 N–H and O–H groups in total. The summed E-state index contributed by atoms with van der Waals surface area (Å²) in [5.41, 5.74) is 4.36. The van der Waals surface area contributed by atoms with Crippen LogP contribution >= 0.6 is 34.8 Å². The van der Waals surface area contributed by atoms with E-state index in [0.717, 1.165) is 31.1 Å². The molecule has 3 aliphatic rings. The second-order valence-electron chi connectivity index (χ2n) is 19.3. The molecule has 0 spiro atoms. The number of nitrogens with one attached hydrogen (secondary N) is 9. The number of hydrogen-bond acceptors (Lipinski definition) is 12. The van der Waals surface area contributed by atoms with Crippen LogP contribution < -0.4 is 46.1 Å². The smallest absolute Gasteiger partial charge is 0.280 e. The molecule has 6 amide bonds. The summed E-state index contributed by atoms with van der Waals surface area (Å²) in [6.07, 6.45) is 2.10. The molecule has 6 aromatic carbocycles. The largest absolute Gasteiger partial charge is 0.329 e. The van der Waals surface area contributed by atoms with E-state index < -0.39 is 102 Å². The number of carbonyl (C=O) groups is 6. The van der Waals surface area contributed by atoms with Crippen molar-refractivity contribution < 1.29 is 67.2 Å². The van der Waals surface area contributed by atoms with Crippen molar-refractivity contribution in [2.75, 3.05) is 53.0 Å². The molecule has 470 valence electrons. The van der Waals surface area contributed by atoms with Gasteiger partial charge in [-0.25, -0.2) is 13.2 Å². The van der Waals surface area contributed by atoms with Crippen LogP contribution in [0.5, 0.6) is 0 Å². The Morgan fingerprint density at radius 2 is 0.636 bits per heavy atom. The SMILES string of the molecule is C.CN1C(C(=O)Nc2ccc(F)c(Cl)c2)CC(c2ccc(NC=O)cc2)NS1(=O)=O.CN1[C@@H](C(=O)Nc2ccc(F)c(Cl)c2)C[C@@H](c2ccc(NC=O)cc2)NS1(=O)=O.CN1[C@H](C(=O)Nc2ccc(F)c(Cl)c2)C[C@H](c2ccc(NC=O)cc2)NS1(=O)=O. The van der Waals surface area contributed by atoms with E-state index >= 15 is 0 Å². The summed E-state index contributed by atoms with van der Waals surface area (Å²) in [5, 5.41) is 14.7. The lowest BCUT2D eigenvalue weighted by Gasteiger charge is -2.36. The summed E-state index contributed by atoms with van der Waals surface area (Å²) in [6, 6.07) is 25.9. The highest BCUT2D eigenvalue weighted by atomic mass is 35.5. The first-order valence-corrected chi connectivity index (χ1v) is 31.0. The highest BCUT2D eigenvalue weighted by Gasteiger charge is 2.43. The van der Waals surface area contributed by atoms with Crippen LogP contribution in [0.1, 0.15) is 61.5 Å². The van der Waals surface area contributed by atoms with Crippen LogP contribution in [0, 0.1) is 17.5 Å². The van der Waals surface area contributed by atoms with E-state index in [-0.39, 0.29) is 58.8 Å². The molecule has 3 aliphatic heterocycles. The van der Waals surface area contributed by atoms with Crippen molar-refractivity contribution in [3.8, 4) is 0 Å². The fourth-order valence-electron chi connectivity index (χ4n) is 9.02. The van der Waals surface area contributed by atoms with Gasteiger partial charge in [-0.05, 0) is 127 Å². The minimum absolute atomic E-state index is 0. The lowest BCUT2D eigenvalue weighted by molar-refractivity contribution is -0.120. The molecular formula is C55H58Cl3F3N12O12S3. The maximum atomic E-state index is 13.3. The Bertz CT molecular complexity index is 3500. The Hall–Kier alpha value is -7.59. The van der Waals surface area contributed by atoms with Crippen molar-refractivity contribution in [1.29, 1.82) is 0 Å². The second kappa shape index (κ2) is 30.1. The third-order valence-corrected chi connectivity index (χ3v) is 19.4. The molecule has 33 heteroatoms. The van der Waals surface area contributed by atoms with Gasteiger partial charge in [0.1, 0.15) is 35.6 Å². The van der Waals surface area contributed by atoms with Crippen LogP contribution in [-0.4, -0.2) is 114 Å². The summed E-state index contributed by atoms with van der Waals surface area (Å²) in [5.74, 6) is -3.57. The average Bonchev–Trinajstić information content (AvgIpc) is 2.16. The van der Waals surface area contributed by atoms with Crippen LogP contribution in [0.25, 0.3) is 0 Å². The first-order valence-electron chi connectivity index (χ1n) is 25.6. The molecule has 0 aliphatic carbocycles. The number of amides is 6. The molecule has 3 saturated heterocycles. The molecule has 0 bridgehead atoms. The number of benzene rings is 6. The Balaban J connectivity index is 0.000000209. The lowest BCUT2D eigenvalue weighted by Crippen LogP contribution is -2.55. The molecule has 6 atom stereocenters. The predicted octanol–water partition coefficient (Wildman–Crippen LogP) is 7.43. The molecule has 2 unspecified atom stereocenters. The molecular weight excluding hydrogens is 1280 g/mol. The molecule has 9 rings (SSSR count). The summed E-state index contributed by atoms with van der Waals surface area (Å²) < 4.78 is 125. The van der Waals surface area contributed by atoms with Crippen molar-refractivity contribution in [1.82, 2.24) is 27.1 Å². The maximum Gasteiger partial charge on any atom is 0.280 e. The Labute approximate surface area is 520 Å². The fourth-order valence-corrected chi connectivity index (χ4v) is 13.4. The molecule has 24 nitrogen and oxygen atoms in total. The van der Waals surface area contributed by atoms with Crippen molar-refractivity contribution in [2.24, 2.45) is 0 Å². The average molecular weight is 1340 g/mol. The monoisotopic (exact) mass is 1340 g/mol. The summed E-state index contributed by atoms with van der Waals surface area (Å²) in [6.45, 7) is 0. The number of carbonyl (C=O) groups excluding carboxylic acids is 6. The fraction of sp³-hybridized carbons (Fsp3) is 0.236. The minimum Gasteiger partial charge on any atom is -0.329 e. The standard InChI is InChI=1S/3C18H18ClFN4O4S.CH4/c3*1-24-17(18(26)22-13-6-7-15(20)14(19)8-13)9-16(23-29(24,27)28)11-2-4-12(5-3-11)21-10-25;/h3*2-8,10,16-17,23H,9H2,1H3,(H,21,25)(H,22,26);1H4/t2*16-,17+;;/m10../s1. The van der Waals surface area contributed by atoms with E-state index in [1.54, 1.807) is 72.8 Å². The zero-order valence-electron chi connectivity index (χ0n) is 45.7. The third-order valence-electron chi connectivity index (χ3n) is 13.8. The van der Waals surface area contributed by atoms with E-state index in [1.807, 2.05) is 0 Å². The molecule has 3 fully saturated rings. The topological polar surface area (TPSA) is 323 Å². The van der Waals surface area contributed by atoms with Gasteiger partial charge in [-0.15, -0.1) is 0 Å². The van der Waals surface area contributed by atoms with Gasteiger partial charge in [0, 0.05) is 73.4 Å². The number of halogens is 6. The molecule has 0 radical (unpaired) electrons. The van der Waals surface area contributed by atoms with Gasteiger partial charge in [-0.1, -0.05) is 78.6 Å². The second-order valence-corrected chi connectivity index (χ2v) is 25.8. The van der Waals surface area contributed by atoms with Crippen LogP contribution in [0.4, 0.5) is 47.3 Å². The number of nitrogens with zero attached hydrogens (tertiary/aromatic N) is 3. The number of anilines is 6. The van der Waals surface area contributed by atoms with E-state index in [4.69, 9.17) is 34.8 Å². The van der Waals surface area contributed by atoms with Crippen LogP contribution in [0.15, 0.2) is 127 Å². The normalized spacial score (nSPS) is 21.1.